The molecule has 0 fully saturated rings. The Hall–Kier alpha value is -1.75. The predicted octanol–water partition coefficient (Wildman–Crippen LogP) is 2.03. The number of carbonyl (C=O) groups is 2. The van der Waals surface area contributed by atoms with Gasteiger partial charge in [-0.1, -0.05) is 31.5 Å². The van der Waals surface area contributed by atoms with Gasteiger partial charge in [0.15, 0.2) is 6.61 Å². The molecule has 0 aliphatic heterocycles. The topological polar surface area (TPSA) is 64.6 Å². The summed E-state index contributed by atoms with van der Waals surface area (Å²) in [6.07, 6.45) is 0. The third kappa shape index (κ3) is 5.09. The summed E-state index contributed by atoms with van der Waals surface area (Å²) in [4.78, 5) is 23.3. The average Bonchev–Trinajstić information content (AvgIpc) is 2.41. The van der Waals surface area contributed by atoms with E-state index in [0.29, 0.717) is 10.8 Å². The van der Waals surface area contributed by atoms with Crippen LogP contribution in [0.3, 0.4) is 0 Å². The number of carbonyl (C=O) groups excluding carboxylic acids is 2. The molecule has 0 bridgehead atoms. The number of amides is 1. The Morgan fingerprint density at radius 1 is 1.35 bits per heavy atom. The van der Waals surface area contributed by atoms with Crippen molar-refractivity contribution in [2.75, 3.05) is 13.7 Å². The van der Waals surface area contributed by atoms with E-state index in [9.17, 15) is 9.59 Å². The highest BCUT2D eigenvalue weighted by atomic mass is 35.5. The van der Waals surface area contributed by atoms with Crippen LogP contribution in [0.15, 0.2) is 24.3 Å². The standard InChI is InChI=1S/C14H18ClNO4/c1-9(2)13(14(18)19-3)16-12(17)8-20-11-6-4-5-10(15)7-11/h4-7,9,13H,8H2,1-3H3,(H,16,17). The van der Waals surface area contributed by atoms with Gasteiger partial charge in [-0.05, 0) is 24.1 Å². The molecule has 0 saturated carbocycles. The Labute approximate surface area is 123 Å². The largest absolute Gasteiger partial charge is 0.484 e. The summed E-state index contributed by atoms with van der Waals surface area (Å²) in [6, 6.07) is 6.05. The van der Waals surface area contributed by atoms with Crippen molar-refractivity contribution in [3.63, 3.8) is 0 Å². The van der Waals surface area contributed by atoms with Crippen molar-refractivity contribution in [3.05, 3.63) is 29.3 Å². The van der Waals surface area contributed by atoms with Gasteiger partial charge in [-0.3, -0.25) is 4.79 Å². The Balaban J connectivity index is 2.52. The van der Waals surface area contributed by atoms with E-state index in [-0.39, 0.29) is 12.5 Å². The molecule has 5 nitrogen and oxygen atoms in total. The summed E-state index contributed by atoms with van der Waals surface area (Å²) in [5.74, 6) is -0.449. The smallest absolute Gasteiger partial charge is 0.328 e. The van der Waals surface area contributed by atoms with Crippen LogP contribution in [-0.4, -0.2) is 31.6 Å². The first-order chi connectivity index (χ1) is 9.43. The van der Waals surface area contributed by atoms with Crippen molar-refractivity contribution in [2.45, 2.75) is 19.9 Å². The Bertz CT molecular complexity index is 476. The molecule has 0 saturated heterocycles. The van der Waals surface area contributed by atoms with Gasteiger partial charge in [0.1, 0.15) is 11.8 Å². The van der Waals surface area contributed by atoms with Gasteiger partial charge >= 0.3 is 5.97 Å². The van der Waals surface area contributed by atoms with Gasteiger partial charge in [-0.15, -0.1) is 0 Å². The summed E-state index contributed by atoms with van der Waals surface area (Å²) in [5, 5.41) is 3.11. The lowest BCUT2D eigenvalue weighted by Gasteiger charge is -2.19. The predicted molar refractivity (Wildman–Crippen MR) is 75.7 cm³/mol. The van der Waals surface area contributed by atoms with E-state index >= 15 is 0 Å². The molecule has 0 aromatic heterocycles. The Morgan fingerprint density at radius 2 is 2.05 bits per heavy atom. The number of rotatable bonds is 6. The number of nitrogens with one attached hydrogen (secondary N) is 1. The van der Waals surface area contributed by atoms with Crippen molar-refractivity contribution < 1.29 is 19.1 Å². The number of hydrogen-bond acceptors (Lipinski definition) is 4. The summed E-state index contributed by atoms with van der Waals surface area (Å²) in [6.45, 7) is 3.44. The average molecular weight is 300 g/mol. The van der Waals surface area contributed by atoms with Crippen molar-refractivity contribution in [1.82, 2.24) is 5.32 Å². The van der Waals surface area contributed by atoms with Crippen molar-refractivity contribution in [2.24, 2.45) is 5.92 Å². The molecule has 1 unspecified atom stereocenters. The molecule has 1 atom stereocenters. The van der Waals surface area contributed by atoms with E-state index in [1.807, 2.05) is 13.8 Å². The zero-order chi connectivity index (χ0) is 15.1. The number of halogens is 1. The molecule has 0 aliphatic carbocycles. The Kier molecular flexibility index (Phi) is 6.31. The van der Waals surface area contributed by atoms with Gasteiger partial charge in [0.25, 0.3) is 5.91 Å². The monoisotopic (exact) mass is 299 g/mol. The fraction of sp³-hybridized carbons (Fsp3) is 0.429. The minimum absolute atomic E-state index is 0.0717. The third-order valence-electron chi connectivity index (χ3n) is 2.60. The Morgan fingerprint density at radius 3 is 2.60 bits per heavy atom. The normalized spacial score (nSPS) is 11.8. The molecule has 1 rings (SSSR count). The number of benzene rings is 1. The van der Waals surface area contributed by atoms with E-state index in [2.05, 4.69) is 10.1 Å². The number of methoxy groups -OCH3 is 1. The summed E-state index contributed by atoms with van der Waals surface area (Å²) < 4.78 is 9.94. The van der Waals surface area contributed by atoms with Crippen LogP contribution < -0.4 is 10.1 Å². The molecule has 6 heteroatoms. The number of esters is 1. The number of hydrogen-bond donors (Lipinski definition) is 1. The van der Waals surface area contributed by atoms with Gasteiger partial charge in [0.05, 0.1) is 7.11 Å². The third-order valence-corrected chi connectivity index (χ3v) is 2.84. The summed E-state index contributed by atoms with van der Waals surface area (Å²) >= 11 is 5.80. The molecule has 1 aromatic carbocycles. The van der Waals surface area contributed by atoms with Gasteiger partial charge in [-0.2, -0.15) is 0 Å². The van der Waals surface area contributed by atoms with Crippen LogP contribution in [0, 0.1) is 5.92 Å². The van der Waals surface area contributed by atoms with E-state index in [4.69, 9.17) is 16.3 Å². The van der Waals surface area contributed by atoms with E-state index < -0.39 is 17.9 Å². The van der Waals surface area contributed by atoms with Crippen LogP contribution in [0.25, 0.3) is 0 Å². The molecule has 0 aliphatic rings. The highest BCUT2D eigenvalue weighted by Gasteiger charge is 2.24. The zero-order valence-corrected chi connectivity index (χ0v) is 12.4. The lowest BCUT2D eigenvalue weighted by Crippen LogP contribution is -2.46. The second kappa shape index (κ2) is 7.75. The fourth-order valence-corrected chi connectivity index (χ4v) is 1.73. The molecule has 1 aromatic rings. The first kappa shape index (κ1) is 16.3. The van der Waals surface area contributed by atoms with Crippen LogP contribution in [0.2, 0.25) is 5.02 Å². The molecule has 20 heavy (non-hydrogen) atoms. The molecule has 0 radical (unpaired) electrons. The number of ether oxygens (including phenoxy) is 2. The molecule has 1 N–H and O–H groups in total. The van der Waals surface area contributed by atoms with Crippen molar-refractivity contribution in [3.8, 4) is 5.75 Å². The van der Waals surface area contributed by atoms with Gasteiger partial charge in [0.2, 0.25) is 0 Å². The molecule has 1 amide bonds. The minimum Gasteiger partial charge on any atom is -0.484 e. The maximum atomic E-state index is 11.8. The molecule has 0 heterocycles. The SMILES string of the molecule is COC(=O)C(NC(=O)COc1cccc(Cl)c1)C(C)C. The second-order valence-electron chi connectivity index (χ2n) is 4.56. The first-order valence-electron chi connectivity index (χ1n) is 6.19. The lowest BCUT2D eigenvalue weighted by atomic mass is 10.0. The van der Waals surface area contributed by atoms with Gasteiger partial charge in [-0.25, -0.2) is 4.79 Å². The van der Waals surface area contributed by atoms with Crippen LogP contribution in [0.4, 0.5) is 0 Å². The van der Waals surface area contributed by atoms with Crippen molar-refractivity contribution >= 4 is 23.5 Å². The molecule has 110 valence electrons. The van der Waals surface area contributed by atoms with E-state index in [1.165, 1.54) is 7.11 Å². The molecule has 0 spiro atoms. The van der Waals surface area contributed by atoms with Crippen LogP contribution >= 0.6 is 11.6 Å². The van der Waals surface area contributed by atoms with E-state index in [1.54, 1.807) is 24.3 Å². The van der Waals surface area contributed by atoms with Crippen molar-refractivity contribution in [1.29, 1.82) is 0 Å². The van der Waals surface area contributed by atoms with Crippen LogP contribution in [-0.2, 0) is 14.3 Å². The molecular formula is C14H18ClNO4. The fourth-order valence-electron chi connectivity index (χ4n) is 1.55. The quantitative estimate of drug-likeness (QED) is 0.816. The van der Waals surface area contributed by atoms with Crippen LogP contribution in [0.5, 0.6) is 5.75 Å². The minimum atomic E-state index is -0.685. The van der Waals surface area contributed by atoms with E-state index in [0.717, 1.165) is 0 Å². The first-order valence-corrected chi connectivity index (χ1v) is 6.57. The highest BCUT2D eigenvalue weighted by Crippen LogP contribution is 2.16. The summed E-state index contributed by atoms with van der Waals surface area (Å²) in [7, 11) is 1.28. The zero-order valence-electron chi connectivity index (χ0n) is 11.7. The lowest BCUT2D eigenvalue weighted by molar-refractivity contribution is -0.146. The summed E-state index contributed by atoms with van der Waals surface area (Å²) in [5.41, 5.74) is 0. The van der Waals surface area contributed by atoms with Gasteiger partial charge in [0, 0.05) is 5.02 Å². The second-order valence-corrected chi connectivity index (χ2v) is 4.99. The highest BCUT2D eigenvalue weighted by molar-refractivity contribution is 6.30. The maximum Gasteiger partial charge on any atom is 0.328 e. The van der Waals surface area contributed by atoms with Gasteiger partial charge < -0.3 is 14.8 Å². The van der Waals surface area contributed by atoms with Crippen LogP contribution in [0.1, 0.15) is 13.8 Å². The molecular weight excluding hydrogens is 282 g/mol. The maximum absolute atomic E-state index is 11.8.